The molecule has 0 aliphatic heterocycles. The summed E-state index contributed by atoms with van der Waals surface area (Å²) in [6.07, 6.45) is 1.77. The number of halogens is 2. The van der Waals surface area contributed by atoms with Crippen molar-refractivity contribution in [3.05, 3.63) is 31.5 Å². The van der Waals surface area contributed by atoms with Gasteiger partial charge in [-0.1, -0.05) is 6.07 Å². The van der Waals surface area contributed by atoms with Gasteiger partial charge in [0.05, 0.1) is 11.2 Å². The molecule has 0 saturated heterocycles. The van der Waals surface area contributed by atoms with Crippen molar-refractivity contribution in [3.8, 4) is 0 Å². The van der Waals surface area contributed by atoms with Crippen LogP contribution in [0.1, 0.15) is 0 Å². The van der Waals surface area contributed by atoms with Crippen LogP contribution in [0.15, 0.2) is 24.4 Å². The average Bonchev–Trinajstić information content (AvgIpc) is 2.15. The lowest BCUT2D eigenvalue weighted by Gasteiger charge is -2.04. The quantitative estimate of drug-likeness (QED) is 0.550. The molecule has 66 valence electrons. The number of aromatic nitrogens is 1. The first-order chi connectivity index (χ1) is 6.20. The Morgan fingerprint density at radius 2 is 2.00 bits per heavy atom. The Balaban J connectivity index is 2.97. The molecule has 2 nitrogen and oxygen atoms in total. The second-order valence-electron chi connectivity index (χ2n) is 2.65. The second-order valence-corrected chi connectivity index (χ2v) is 4.98. The molecular weight excluding hydrogens is 390 g/mol. The van der Waals surface area contributed by atoms with Crippen LogP contribution < -0.4 is 5.73 Å². The maximum Gasteiger partial charge on any atom is 0.0952 e. The van der Waals surface area contributed by atoms with E-state index in [0.29, 0.717) is 0 Å². The number of rotatable bonds is 0. The van der Waals surface area contributed by atoms with E-state index in [-0.39, 0.29) is 0 Å². The van der Waals surface area contributed by atoms with Gasteiger partial charge in [-0.2, -0.15) is 0 Å². The summed E-state index contributed by atoms with van der Waals surface area (Å²) in [5.41, 5.74) is 7.59. The van der Waals surface area contributed by atoms with Crippen molar-refractivity contribution in [2.45, 2.75) is 0 Å². The minimum Gasteiger partial charge on any atom is -0.396 e. The van der Waals surface area contributed by atoms with Crippen LogP contribution in [0.5, 0.6) is 0 Å². The fourth-order valence-electron chi connectivity index (χ4n) is 1.19. The maximum atomic E-state index is 5.91. The first-order valence-corrected chi connectivity index (χ1v) is 5.84. The van der Waals surface area contributed by atoms with E-state index in [2.05, 4.69) is 56.2 Å². The summed E-state index contributed by atoms with van der Waals surface area (Å²) >= 11 is 4.53. The van der Waals surface area contributed by atoms with Crippen molar-refractivity contribution in [1.29, 1.82) is 0 Å². The van der Waals surface area contributed by atoms with E-state index in [9.17, 15) is 0 Å². The Hall–Kier alpha value is -0.110. The lowest BCUT2D eigenvalue weighted by Crippen LogP contribution is -1.94. The summed E-state index contributed by atoms with van der Waals surface area (Å²) in [4.78, 5) is 4.27. The van der Waals surface area contributed by atoms with Crippen LogP contribution in [0, 0.1) is 7.14 Å². The van der Waals surface area contributed by atoms with Gasteiger partial charge in [-0.05, 0) is 57.3 Å². The van der Waals surface area contributed by atoms with Gasteiger partial charge < -0.3 is 5.73 Å². The Morgan fingerprint density at radius 1 is 1.23 bits per heavy atom. The summed E-state index contributed by atoms with van der Waals surface area (Å²) < 4.78 is 2.26. The van der Waals surface area contributed by atoms with Gasteiger partial charge in [-0.15, -0.1) is 0 Å². The van der Waals surface area contributed by atoms with E-state index in [4.69, 9.17) is 5.73 Å². The molecule has 0 radical (unpaired) electrons. The molecule has 0 aliphatic carbocycles. The van der Waals surface area contributed by atoms with Gasteiger partial charge in [-0.25, -0.2) is 0 Å². The third-order valence-electron chi connectivity index (χ3n) is 1.83. The fourth-order valence-corrected chi connectivity index (χ4v) is 3.10. The summed E-state index contributed by atoms with van der Waals surface area (Å²) in [7, 11) is 0. The molecular formula is C9H6I2N2. The highest BCUT2D eigenvalue weighted by atomic mass is 127. The fraction of sp³-hybridized carbons (Fsp3) is 0. The van der Waals surface area contributed by atoms with Crippen LogP contribution in [0.4, 0.5) is 5.69 Å². The normalized spacial score (nSPS) is 10.6. The number of benzene rings is 1. The molecule has 1 heterocycles. The Kier molecular flexibility index (Phi) is 2.59. The second kappa shape index (κ2) is 3.56. The van der Waals surface area contributed by atoms with Crippen molar-refractivity contribution in [3.63, 3.8) is 0 Å². The monoisotopic (exact) mass is 396 g/mol. The van der Waals surface area contributed by atoms with Crippen LogP contribution in [0.25, 0.3) is 10.9 Å². The van der Waals surface area contributed by atoms with Crippen LogP contribution in [0.2, 0.25) is 0 Å². The van der Waals surface area contributed by atoms with Crippen molar-refractivity contribution >= 4 is 61.8 Å². The van der Waals surface area contributed by atoms with Crippen LogP contribution >= 0.6 is 45.2 Å². The highest BCUT2D eigenvalue weighted by molar-refractivity contribution is 14.1. The lowest BCUT2D eigenvalue weighted by atomic mass is 10.2. The molecule has 0 atom stereocenters. The number of nitrogens with two attached hydrogens (primary N) is 1. The highest BCUT2D eigenvalue weighted by Gasteiger charge is 2.06. The van der Waals surface area contributed by atoms with Crippen molar-refractivity contribution in [1.82, 2.24) is 4.98 Å². The molecule has 4 heteroatoms. The Morgan fingerprint density at radius 3 is 2.77 bits per heavy atom. The molecule has 1 aromatic carbocycles. The van der Waals surface area contributed by atoms with Gasteiger partial charge in [0.1, 0.15) is 0 Å². The summed E-state index contributed by atoms with van der Waals surface area (Å²) in [6.45, 7) is 0. The molecule has 2 aromatic rings. The number of hydrogen-bond acceptors (Lipinski definition) is 2. The lowest BCUT2D eigenvalue weighted by molar-refractivity contribution is 1.40. The van der Waals surface area contributed by atoms with E-state index < -0.39 is 0 Å². The number of nitrogens with zero attached hydrogens (tertiary/aromatic N) is 1. The van der Waals surface area contributed by atoms with E-state index in [0.717, 1.165) is 20.2 Å². The first-order valence-electron chi connectivity index (χ1n) is 3.68. The van der Waals surface area contributed by atoms with Gasteiger partial charge >= 0.3 is 0 Å². The van der Waals surface area contributed by atoms with Gasteiger partial charge in [-0.3, -0.25) is 4.98 Å². The zero-order valence-corrected chi connectivity index (χ0v) is 10.9. The molecule has 2 N–H and O–H groups in total. The summed E-state index contributed by atoms with van der Waals surface area (Å²) in [5.74, 6) is 0. The average molecular weight is 396 g/mol. The predicted octanol–water partition coefficient (Wildman–Crippen LogP) is 3.03. The SMILES string of the molecule is Nc1c(I)cc(I)c2cccnc12. The van der Waals surface area contributed by atoms with Gasteiger partial charge in [0.2, 0.25) is 0 Å². The Labute approximate surface area is 103 Å². The highest BCUT2D eigenvalue weighted by Crippen LogP contribution is 2.28. The van der Waals surface area contributed by atoms with Crippen molar-refractivity contribution in [2.75, 3.05) is 5.73 Å². The van der Waals surface area contributed by atoms with E-state index >= 15 is 0 Å². The molecule has 2 rings (SSSR count). The minimum atomic E-state index is 0.775. The number of nitrogen functional groups attached to an aromatic ring is 1. The first kappa shape index (κ1) is 9.45. The third kappa shape index (κ3) is 1.61. The summed E-state index contributed by atoms with van der Waals surface area (Å²) in [5, 5.41) is 1.13. The Bertz CT molecular complexity index is 468. The largest absolute Gasteiger partial charge is 0.396 e. The van der Waals surface area contributed by atoms with E-state index in [1.165, 1.54) is 3.57 Å². The molecule has 0 fully saturated rings. The molecule has 1 aromatic heterocycles. The van der Waals surface area contributed by atoms with Crippen molar-refractivity contribution < 1.29 is 0 Å². The number of fused-ring (bicyclic) bond motifs is 1. The van der Waals surface area contributed by atoms with Crippen molar-refractivity contribution in [2.24, 2.45) is 0 Å². The molecule has 0 aliphatic rings. The molecule has 0 saturated carbocycles. The van der Waals surface area contributed by atoms with Crippen LogP contribution in [-0.2, 0) is 0 Å². The standard InChI is InChI=1S/C9H6I2N2/c10-6-4-7(11)8(12)9-5(6)2-1-3-13-9/h1-4H,12H2. The summed E-state index contributed by atoms with van der Waals surface area (Å²) in [6, 6.07) is 6.04. The molecule has 0 spiro atoms. The predicted molar refractivity (Wildman–Crippen MR) is 71.6 cm³/mol. The van der Waals surface area contributed by atoms with Gasteiger partial charge in [0, 0.05) is 18.7 Å². The van der Waals surface area contributed by atoms with E-state index in [1.54, 1.807) is 6.20 Å². The number of anilines is 1. The smallest absolute Gasteiger partial charge is 0.0952 e. The minimum absolute atomic E-state index is 0.775. The number of hydrogen-bond donors (Lipinski definition) is 1. The molecule has 0 unspecified atom stereocenters. The zero-order chi connectivity index (χ0) is 9.42. The molecule has 0 amide bonds. The maximum absolute atomic E-state index is 5.91. The van der Waals surface area contributed by atoms with Gasteiger partial charge in [0.15, 0.2) is 0 Å². The molecule has 13 heavy (non-hydrogen) atoms. The molecule has 0 bridgehead atoms. The third-order valence-corrected chi connectivity index (χ3v) is 3.62. The number of pyridine rings is 1. The topological polar surface area (TPSA) is 38.9 Å². The van der Waals surface area contributed by atoms with Crippen LogP contribution in [-0.4, -0.2) is 4.98 Å². The van der Waals surface area contributed by atoms with Crippen LogP contribution in [0.3, 0.4) is 0 Å². The van der Waals surface area contributed by atoms with Gasteiger partial charge in [0.25, 0.3) is 0 Å². The van der Waals surface area contributed by atoms with E-state index in [1.807, 2.05) is 12.1 Å². The zero-order valence-electron chi connectivity index (χ0n) is 6.59.